The maximum Gasteiger partial charge on any atom is 0.142 e. The van der Waals surface area contributed by atoms with E-state index < -0.39 is 11.5 Å². The Bertz CT molecular complexity index is 682. The fourth-order valence-electron chi connectivity index (χ4n) is 5.73. The van der Waals surface area contributed by atoms with Crippen molar-refractivity contribution in [3.8, 4) is 0 Å². The second-order valence-corrected chi connectivity index (χ2v) is 9.27. The quantitative estimate of drug-likeness (QED) is 0.876. The molecule has 1 aromatic carbocycles. The molecular formula is C21H29ClN2O2. The fourth-order valence-corrected chi connectivity index (χ4v) is 5.86. The Labute approximate surface area is 161 Å². The van der Waals surface area contributed by atoms with Crippen LogP contribution in [0.3, 0.4) is 0 Å². The minimum absolute atomic E-state index is 0.0748. The number of β-amino-alcohol motifs (C(OH)–C–C–N with tert-alkyl or cyclic N) is 1. The maximum atomic E-state index is 12.7. The molecule has 3 aliphatic rings. The van der Waals surface area contributed by atoms with Gasteiger partial charge in [0.1, 0.15) is 5.78 Å². The van der Waals surface area contributed by atoms with E-state index in [0.717, 1.165) is 44.0 Å². The Kier molecular flexibility index (Phi) is 4.57. The normalized spacial score (nSPS) is 32.2. The second kappa shape index (κ2) is 6.50. The molecule has 1 aliphatic heterocycles. The summed E-state index contributed by atoms with van der Waals surface area (Å²) in [5.74, 6) is 0.748. The smallest absolute Gasteiger partial charge is 0.142 e. The standard InChI is InChI=1S/C21H29ClN2O2/c1-20(2)15-7-8-21(20,18(25)13-15)19(26)14-23-9-11-24(12-10-23)17-5-3-16(22)4-6-17/h3-6,15,19,26H,7-14H2,1-2H3/t15-,19-,21+/m1/s1. The molecule has 5 heteroatoms. The van der Waals surface area contributed by atoms with Gasteiger partial charge in [-0.05, 0) is 48.4 Å². The van der Waals surface area contributed by atoms with Crippen molar-refractivity contribution in [3.05, 3.63) is 29.3 Å². The monoisotopic (exact) mass is 376 g/mol. The molecular weight excluding hydrogens is 348 g/mol. The van der Waals surface area contributed by atoms with Gasteiger partial charge in [0.25, 0.3) is 0 Å². The summed E-state index contributed by atoms with van der Waals surface area (Å²) in [7, 11) is 0. The molecule has 3 fully saturated rings. The van der Waals surface area contributed by atoms with Crippen LogP contribution in [-0.2, 0) is 4.79 Å². The molecule has 0 unspecified atom stereocenters. The molecule has 2 saturated carbocycles. The van der Waals surface area contributed by atoms with Crippen molar-refractivity contribution in [2.75, 3.05) is 37.6 Å². The number of fused-ring (bicyclic) bond motifs is 2. The first-order valence-electron chi connectivity index (χ1n) is 9.79. The lowest BCUT2D eigenvalue weighted by molar-refractivity contribution is -0.140. The van der Waals surface area contributed by atoms with Crippen LogP contribution < -0.4 is 4.90 Å². The molecule has 4 rings (SSSR count). The number of Topliss-reactive ketones (excluding diaryl/α,β-unsaturated/α-hetero) is 1. The molecule has 1 aromatic rings. The number of piperazine rings is 1. The Morgan fingerprint density at radius 2 is 1.85 bits per heavy atom. The van der Waals surface area contributed by atoms with Gasteiger partial charge in [-0.3, -0.25) is 9.69 Å². The van der Waals surface area contributed by atoms with E-state index in [2.05, 4.69) is 35.8 Å². The SMILES string of the molecule is CC1(C)[C@@H]2CC[C@@]1([C@H](O)CN1CCN(c3ccc(Cl)cc3)CC1)C(=O)C2. The molecule has 4 nitrogen and oxygen atoms in total. The summed E-state index contributed by atoms with van der Waals surface area (Å²) >= 11 is 5.98. The minimum atomic E-state index is -0.556. The molecule has 2 aliphatic carbocycles. The number of aliphatic hydroxyl groups excluding tert-OH is 1. The highest BCUT2D eigenvalue weighted by Gasteiger charge is 2.67. The molecule has 3 atom stereocenters. The molecule has 1 N–H and O–H groups in total. The molecule has 142 valence electrons. The van der Waals surface area contributed by atoms with Gasteiger partial charge in [-0.25, -0.2) is 0 Å². The first-order valence-corrected chi connectivity index (χ1v) is 10.2. The maximum absolute atomic E-state index is 12.7. The molecule has 0 aromatic heterocycles. The van der Waals surface area contributed by atoms with E-state index in [1.54, 1.807) is 0 Å². The number of halogens is 1. The first kappa shape index (κ1) is 18.3. The zero-order valence-corrected chi connectivity index (χ0v) is 16.5. The van der Waals surface area contributed by atoms with Crippen LogP contribution in [0.4, 0.5) is 5.69 Å². The molecule has 0 amide bonds. The summed E-state index contributed by atoms with van der Waals surface area (Å²) in [6, 6.07) is 7.97. The summed E-state index contributed by atoms with van der Waals surface area (Å²) in [5.41, 5.74) is 0.596. The van der Waals surface area contributed by atoms with Crippen LogP contribution in [0.2, 0.25) is 5.02 Å². The highest BCUT2D eigenvalue weighted by atomic mass is 35.5. The largest absolute Gasteiger partial charge is 0.391 e. The second-order valence-electron chi connectivity index (χ2n) is 8.84. The number of carbonyl (C=O) groups is 1. The lowest BCUT2D eigenvalue weighted by Crippen LogP contribution is -2.54. The molecule has 26 heavy (non-hydrogen) atoms. The van der Waals surface area contributed by atoms with Gasteiger partial charge in [-0.15, -0.1) is 0 Å². The van der Waals surface area contributed by atoms with Gasteiger partial charge in [0.2, 0.25) is 0 Å². The van der Waals surface area contributed by atoms with E-state index in [1.807, 2.05) is 12.1 Å². The third kappa shape index (κ3) is 2.69. The lowest BCUT2D eigenvalue weighted by atomic mass is 9.65. The Balaban J connectivity index is 1.39. The Morgan fingerprint density at radius 3 is 2.38 bits per heavy atom. The van der Waals surface area contributed by atoms with Crippen molar-refractivity contribution in [1.29, 1.82) is 0 Å². The predicted octanol–water partition coefficient (Wildman–Crippen LogP) is 3.22. The summed E-state index contributed by atoms with van der Waals surface area (Å²) < 4.78 is 0. The predicted molar refractivity (Wildman–Crippen MR) is 105 cm³/mol. The van der Waals surface area contributed by atoms with Gasteiger partial charge >= 0.3 is 0 Å². The van der Waals surface area contributed by atoms with Crippen LogP contribution in [0, 0.1) is 16.7 Å². The number of carbonyl (C=O) groups excluding carboxylic acids is 1. The van der Waals surface area contributed by atoms with Gasteiger partial charge in [-0.2, -0.15) is 0 Å². The molecule has 0 spiro atoms. The lowest BCUT2D eigenvalue weighted by Gasteiger charge is -2.44. The van der Waals surface area contributed by atoms with Crippen LogP contribution in [0.25, 0.3) is 0 Å². The van der Waals surface area contributed by atoms with E-state index >= 15 is 0 Å². The van der Waals surface area contributed by atoms with Crippen molar-refractivity contribution in [1.82, 2.24) is 4.90 Å². The van der Waals surface area contributed by atoms with E-state index in [0.29, 0.717) is 24.7 Å². The van der Waals surface area contributed by atoms with Crippen LogP contribution in [0.1, 0.15) is 33.1 Å². The van der Waals surface area contributed by atoms with Crippen LogP contribution in [-0.4, -0.2) is 54.6 Å². The minimum Gasteiger partial charge on any atom is -0.391 e. The number of rotatable bonds is 4. The van der Waals surface area contributed by atoms with Gasteiger partial charge < -0.3 is 10.0 Å². The number of hydrogen-bond acceptors (Lipinski definition) is 4. The van der Waals surface area contributed by atoms with Crippen LogP contribution in [0.5, 0.6) is 0 Å². The van der Waals surface area contributed by atoms with Crippen molar-refractivity contribution >= 4 is 23.1 Å². The number of benzene rings is 1. The van der Waals surface area contributed by atoms with E-state index in [9.17, 15) is 9.90 Å². The number of hydrogen-bond donors (Lipinski definition) is 1. The van der Waals surface area contributed by atoms with Crippen molar-refractivity contribution in [3.63, 3.8) is 0 Å². The summed E-state index contributed by atoms with van der Waals surface area (Å²) in [6.07, 6.45) is 2.05. The van der Waals surface area contributed by atoms with Crippen LogP contribution in [0.15, 0.2) is 24.3 Å². The summed E-state index contributed by atoms with van der Waals surface area (Å²) in [5, 5.41) is 11.9. The van der Waals surface area contributed by atoms with Gasteiger partial charge in [-0.1, -0.05) is 25.4 Å². The van der Waals surface area contributed by atoms with Crippen molar-refractivity contribution in [2.24, 2.45) is 16.7 Å². The number of anilines is 1. The van der Waals surface area contributed by atoms with E-state index in [4.69, 9.17) is 11.6 Å². The van der Waals surface area contributed by atoms with Gasteiger partial charge in [0.15, 0.2) is 0 Å². The average Bonchev–Trinajstić information content (AvgIpc) is 2.99. The number of nitrogens with zero attached hydrogens (tertiary/aromatic N) is 2. The molecule has 2 bridgehead atoms. The highest BCUT2D eigenvalue weighted by molar-refractivity contribution is 6.30. The van der Waals surface area contributed by atoms with Crippen molar-refractivity contribution < 1.29 is 9.90 Å². The topological polar surface area (TPSA) is 43.8 Å². The summed E-state index contributed by atoms with van der Waals surface area (Å²) in [4.78, 5) is 17.4. The van der Waals surface area contributed by atoms with E-state index in [-0.39, 0.29) is 5.41 Å². The summed E-state index contributed by atoms with van der Waals surface area (Å²) in [6.45, 7) is 8.68. The fraction of sp³-hybridized carbons (Fsp3) is 0.667. The Hall–Kier alpha value is -1.10. The van der Waals surface area contributed by atoms with E-state index in [1.165, 1.54) is 5.69 Å². The zero-order valence-electron chi connectivity index (χ0n) is 15.7. The van der Waals surface area contributed by atoms with Crippen LogP contribution >= 0.6 is 11.6 Å². The van der Waals surface area contributed by atoms with Gasteiger partial charge in [0, 0.05) is 49.9 Å². The van der Waals surface area contributed by atoms with Gasteiger partial charge in [0.05, 0.1) is 11.5 Å². The van der Waals surface area contributed by atoms with Crippen molar-refractivity contribution in [2.45, 2.75) is 39.2 Å². The highest BCUT2D eigenvalue weighted by Crippen LogP contribution is 2.65. The number of aliphatic hydroxyl groups is 1. The first-order chi connectivity index (χ1) is 12.3. The molecule has 1 heterocycles. The zero-order chi connectivity index (χ0) is 18.5. The third-order valence-corrected chi connectivity index (χ3v) is 7.80. The average molecular weight is 377 g/mol. The third-order valence-electron chi connectivity index (χ3n) is 7.55. The molecule has 0 radical (unpaired) electrons. The number of ketones is 1. The Morgan fingerprint density at radius 1 is 1.19 bits per heavy atom. The molecule has 1 saturated heterocycles.